The highest BCUT2D eigenvalue weighted by molar-refractivity contribution is 5.73. The van der Waals surface area contributed by atoms with Gasteiger partial charge in [0.25, 0.3) is 0 Å². The van der Waals surface area contributed by atoms with Gasteiger partial charge in [-0.1, -0.05) is 6.42 Å². The van der Waals surface area contributed by atoms with E-state index in [1.54, 1.807) is 6.07 Å². The first-order chi connectivity index (χ1) is 7.25. The van der Waals surface area contributed by atoms with Crippen LogP contribution in [0.3, 0.4) is 0 Å². The zero-order valence-electron chi connectivity index (χ0n) is 8.77. The Bertz CT molecular complexity index is 511. The number of fused-ring (bicyclic) bond motifs is 1. The topological polar surface area (TPSA) is 56.7 Å². The number of aromatic nitrogens is 3. The van der Waals surface area contributed by atoms with Crippen LogP contribution in [0.4, 0.5) is 5.82 Å². The Morgan fingerprint density at radius 2 is 2.13 bits per heavy atom. The van der Waals surface area contributed by atoms with Crippen LogP contribution in [0.5, 0.6) is 0 Å². The van der Waals surface area contributed by atoms with Crippen molar-refractivity contribution < 1.29 is 0 Å². The molecule has 1 fully saturated rings. The van der Waals surface area contributed by atoms with Gasteiger partial charge in [-0.2, -0.15) is 0 Å². The van der Waals surface area contributed by atoms with Crippen molar-refractivity contribution in [3.63, 3.8) is 0 Å². The van der Waals surface area contributed by atoms with Gasteiger partial charge in [-0.3, -0.25) is 0 Å². The first-order valence-corrected chi connectivity index (χ1v) is 5.34. The molecule has 4 heteroatoms. The molecule has 0 unspecified atom stereocenters. The number of hydrogen-bond acceptors (Lipinski definition) is 3. The summed E-state index contributed by atoms with van der Waals surface area (Å²) in [5.74, 6) is 2.35. The third-order valence-corrected chi connectivity index (χ3v) is 3.24. The first-order valence-electron chi connectivity index (χ1n) is 5.34. The molecule has 0 bridgehead atoms. The van der Waals surface area contributed by atoms with E-state index < -0.39 is 0 Å². The number of pyridine rings is 1. The van der Waals surface area contributed by atoms with Crippen molar-refractivity contribution in [2.75, 3.05) is 5.73 Å². The minimum Gasteiger partial charge on any atom is -0.384 e. The average molecular weight is 202 g/mol. The maximum Gasteiger partial charge on any atom is 0.162 e. The number of anilines is 1. The number of nitrogens with two attached hydrogens (primary N) is 1. The molecule has 1 aliphatic carbocycles. The van der Waals surface area contributed by atoms with E-state index >= 15 is 0 Å². The van der Waals surface area contributed by atoms with Gasteiger partial charge < -0.3 is 10.3 Å². The molecule has 2 aromatic heterocycles. The van der Waals surface area contributed by atoms with Crippen molar-refractivity contribution in [2.24, 2.45) is 7.05 Å². The minimum atomic E-state index is 0.561. The predicted octanol–water partition coefficient (Wildman–Crippen LogP) is 1.82. The number of nitrogen functional groups attached to an aromatic ring is 1. The van der Waals surface area contributed by atoms with Crippen LogP contribution in [-0.4, -0.2) is 14.5 Å². The molecule has 78 valence electrons. The molecule has 0 aliphatic heterocycles. The Kier molecular flexibility index (Phi) is 1.71. The Labute approximate surface area is 88.1 Å². The van der Waals surface area contributed by atoms with E-state index in [1.165, 1.54) is 19.3 Å². The molecule has 4 nitrogen and oxygen atoms in total. The molecular formula is C11H14N4. The minimum absolute atomic E-state index is 0.561. The fourth-order valence-electron chi connectivity index (χ4n) is 2.13. The van der Waals surface area contributed by atoms with Crippen LogP contribution in [0.15, 0.2) is 12.1 Å². The zero-order valence-corrected chi connectivity index (χ0v) is 8.77. The van der Waals surface area contributed by atoms with Crippen LogP contribution < -0.4 is 5.73 Å². The van der Waals surface area contributed by atoms with Gasteiger partial charge in [0.15, 0.2) is 5.65 Å². The standard InChI is InChI=1S/C11H14N4/c1-15-10(7-3-2-4-7)13-8-5-6-9(12)14-11(8)15/h5-7H,2-4H2,1H3,(H2,12,14). The van der Waals surface area contributed by atoms with E-state index in [2.05, 4.69) is 14.5 Å². The molecule has 1 aliphatic rings. The maximum absolute atomic E-state index is 5.67. The molecule has 0 amide bonds. The Morgan fingerprint density at radius 3 is 2.80 bits per heavy atom. The van der Waals surface area contributed by atoms with Crippen molar-refractivity contribution in [1.29, 1.82) is 0 Å². The molecule has 1 saturated carbocycles. The van der Waals surface area contributed by atoms with E-state index in [9.17, 15) is 0 Å². The lowest BCUT2D eigenvalue weighted by atomic mass is 9.85. The number of imidazole rings is 1. The lowest BCUT2D eigenvalue weighted by Gasteiger charge is -2.24. The van der Waals surface area contributed by atoms with E-state index in [0.29, 0.717) is 11.7 Å². The van der Waals surface area contributed by atoms with Crippen molar-refractivity contribution in [2.45, 2.75) is 25.2 Å². The lowest BCUT2D eigenvalue weighted by molar-refractivity contribution is 0.394. The Hall–Kier alpha value is -1.58. The number of rotatable bonds is 1. The summed E-state index contributed by atoms with van der Waals surface area (Å²) in [6.07, 6.45) is 3.84. The van der Waals surface area contributed by atoms with Crippen LogP contribution in [0, 0.1) is 0 Å². The smallest absolute Gasteiger partial charge is 0.162 e. The normalized spacial score (nSPS) is 16.9. The van der Waals surface area contributed by atoms with E-state index in [0.717, 1.165) is 17.0 Å². The number of aryl methyl sites for hydroxylation is 1. The predicted molar refractivity (Wildman–Crippen MR) is 59.5 cm³/mol. The molecule has 15 heavy (non-hydrogen) atoms. The van der Waals surface area contributed by atoms with Crippen LogP contribution in [-0.2, 0) is 7.05 Å². The molecule has 0 atom stereocenters. The second-order valence-corrected chi connectivity index (χ2v) is 4.24. The lowest BCUT2D eigenvalue weighted by Crippen LogP contribution is -2.13. The van der Waals surface area contributed by atoms with Gasteiger partial charge >= 0.3 is 0 Å². The Balaban J connectivity index is 2.19. The monoisotopic (exact) mass is 202 g/mol. The largest absolute Gasteiger partial charge is 0.384 e. The van der Waals surface area contributed by atoms with Gasteiger partial charge in [0.05, 0.1) is 0 Å². The molecule has 2 aromatic rings. The van der Waals surface area contributed by atoms with Gasteiger partial charge in [-0.15, -0.1) is 0 Å². The third-order valence-electron chi connectivity index (χ3n) is 3.24. The van der Waals surface area contributed by atoms with Crippen LogP contribution in [0.1, 0.15) is 31.0 Å². The fraction of sp³-hybridized carbons (Fsp3) is 0.455. The summed E-state index contributed by atoms with van der Waals surface area (Å²) >= 11 is 0. The molecule has 0 spiro atoms. The summed E-state index contributed by atoms with van der Waals surface area (Å²) in [5, 5.41) is 0. The van der Waals surface area contributed by atoms with E-state index in [4.69, 9.17) is 5.73 Å². The van der Waals surface area contributed by atoms with Gasteiger partial charge in [-0.25, -0.2) is 9.97 Å². The van der Waals surface area contributed by atoms with Crippen molar-refractivity contribution in [3.05, 3.63) is 18.0 Å². The number of nitrogens with zero attached hydrogens (tertiary/aromatic N) is 3. The highest BCUT2D eigenvalue weighted by Crippen LogP contribution is 2.36. The fourth-order valence-corrected chi connectivity index (χ4v) is 2.13. The van der Waals surface area contributed by atoms with Crippen molar-refractivity contribution >= 4 is 17.0 Å². The van der Waals surface area contributed by atoms with Crippen molar-refractivity contribution in [3.8, 4) is 0 Å². The third kappa shape index (κ3) is 1.21. The first kappa shape index (κ1) is 8.71. The molecular weight excluding hydrogens is 188 g/mol. The molecule has 2 heterocycles. The Morgan fingerprint density at radius 1 is 1.33 bits per heavy atom. The second-order valence-electron chi connectivity index (χ2n) is 4.24. The number of hydrogen-bond donors (Lipinski definition) is 1. The van der Waals surface area contributed by atoms with E-state index in [1.807, 2.05) is 13.1 Å². The molecule has 2 N–H and O–H groups in total. The highest BCUT2D eigenvalue weighted by Gasteiger charge is 2.24. The van der Waals surface area contributed by atoms with Gasteiger partial charge in [0.1, 0.15) is 17.2 Å². The second kappa shape index (κ2) is 2.95. The summed E-state index contributed by atoms with van der Waals surface area (Å²) in [7, 11) is 2.02. The van der Waals surface area contributed by atoms with Gasteiger partial charge in [0, 0.05) is 13.0 Å². The zero-order chi connectivity index (χ0) is 10.4. The maximum atomic E-state index is 5.67. The summed E-state index contributed by atoms with van der Waals surface area (Å²) < 4.78 is 2.08. The van der Waals surface area contributed by atoms with E-state index in [-0.39, 0.29) is 0 Å². The van der Waals surface area contributed by atoms with Crippen molar-refractivity contribution in [1.82, 2.24) is 14.5 Å². The average Bonchev–Trinajstić information content (AvgIpc) is 2.43. The summed E-state index contributed by atoms with van der Waals surface area (Å²) in [6.45, 7) is 0. The molecule has 0 saturated heterocycles. The van der Waals surface area contributed by atoms with Gasteiger partial charge in [-0.05, 0) is 25.0 Å². The summed E-state index contributed by atoms with van der Waals surface area (Å²) in [5.41, 5.74) is 7.52. The van der Waals surface area contributed by atoms with Crippen LogP contribution in [0.25, 0.3) is 11.2 Å². The molecule has 0 aromatic carbocycles. The van der Waals surface area contributed by atoms with Crippen LogP contribution >= 0.6 is 0 Å². The summed E-state index contributed by atoms with van der Waals surface area (Å²) in [4.78, 5) is 8.94. The molecule has 0 radical (unpaired) electrons. The SMILES string of the molecule is Cn1c(C2CCC2)nc2ccc(N)nc21. The van der Waals surface area contributed by atoms with Crippen LogP contribution in [0.2, 0.25) is 0 Å². The summed E-state index contributed by atoms with van der Waals surface area (Å²) in [6, 6.07) is 3.75. The quantitative estimate of drug-likeness (QED) is 0.767. The molecule has 3 rings (SSSR count). The highest BCUT2D eigenvalue weighted by atomic mass is 15.1. The van der Waals surface area contributed by atoms with Gasteiger partial charge in [0.2, 0.25) is 0 Å².